The highest BCUT2D eigenvalue weighted by atomic mass is 16.4. The molecule has 0 aliphatic carbocycles. The zero-order valence-corrected chi connectivity index (χ0v) is 11.1. The number of phenols is 1. The summed E-state index contributed by atoms with van der Waals surface area (Å²) in [6, 6.07) is 8.57. The molecule has 21 heavy (non-hydrogen) atoms. The number of pyridine rings is 1. The number of carbonyl (C=O) groups excluding carboxylic acids is 1. The molecule has 0 bridgehead atoms. The first-order valence-electron chi connectivity index (χ1n) is 6.01. The van der Waals surface area contributed by atoms with Gasteiger partial charge in [0.1, 0.15) is 5.75 Å². The van der Waals surface area contributed by atoms with Crippen LogP contribution in [0.3, 0.4) is 0 Å². The van der Waals surface area contributed by atoms with Gasteiger partial charge in [0.05, 0.1) is 5.69 Å². The van der Waals surface area contributed by atoms with Gasteiger partial charge in [0.15, 0.2) is 5.69 Å². The molecule has 0 saturated heterocycles. The Morgan fingerprint density at radius 2 is 2.00 bits per heavy atom. The molecule has 0 atom stereocenters. The first-order chi connectivity index (χ1) is 9.99. The number of aromatic carboxylic acids is 1. The summed E-state index contributed by atoms with van der Waals surface area (Å²) in [5, 5.41) is 20.9. The standard InChI is InChI=1S/C14H13N3O4/c1-17(9-4-2-5-10(18)8-9)14(21)16-11-6-3-7-15-12(11)13(19)20/h2-8,18H,1H3,(H,16,21)(H,19,20). The second-order valence-corrected chi connectivity index (χ2v) is 4.21. The van der Waals surface area contributed by atoms with Gasteiger partial charge in [0.2, 0.25) is 0 Å². The van der Waals surface area contributed by atoms with E-state index in [0.717, 1.165) is 0 Å². The van der Waals surface area contributed by atoms with E-state index in [0.29, 0.717) is 5.69 Å². The summed E-state index contributed by atoms with van der Waals surface area (Å²) in [6.45, 7) is 0. The van der Waals surface area contributed by atoms with E-state index in [1.807, 2.05) is 0 Å². The SMILES string of the molecule is CN(C(=O)Nc1cccnc1C(=O)O)c1cccc(O)c1. The summed E-state index contributed by atoms with van der Waals surface area (Å²) in [5.74, 6) is -1.20. The van der Waals surface area contributed by atoms with Crippen molar-refractivity contribution in [2.45, 2.75) is 0 Å². The molecule has 1 aromatic heterocycles. The molecule has 7 heteroatoms. The largest absolute Gasteiger partial charge is 0.508 e. The smallest absolute Gasteiger partial charge is 0.356 e. The lowest BCUT2D eigenvalue weighted by molar-refractivity contribution is 0.0691. The molecule has 0 spiro atoms. The number of carboxylic acid groups (broad SMARTS) is 1. The number of benzene rings is 1. The van der Waals surface area contributed by atoms with Gasteiger partial charge in [-0.1, -0.05) is 6.07 Å². The van der Waals surface area contributed by atoms with Crippen LogP contribution < -0.4 is 10.2 Å². The Morgan fingerprint density at radius 1 is 1.24 bits per heavy atom. The molecular weight excluding hydrogens is 274 g/mol. The fraction of sp³-hybridized carbons (Fsp3) is 0.0714. The number of phenolic OH excluding ortho intramolecular Hbond substituents is 1. The number of hydrogen-bond acceptors (Lipinski definition) is 4. The maximum atomic E-state index is 12.1. The number of anilines is 2. The van der Waals surface area contributed by atoms with Crippen LogP contribution in [0.2, 0.25) is 0 Å². The number of urea groups is 1. The Kier molecular flexibility index (Phi) is 4.03. The van der Waals surface area contributed by atoms with Gasteiger partial charge in [-0.3, -0.25) is 4.90 Å². The number of aromatic nitrogens is 1. The number of amides is 2. The van der Waals surface area contributed by atoms with Crippen LogP contribution in [0.4, 0.5) is 16.2 Å². The van der Waals surface area contributed by atoms with Crippen molar-refractivity contribution in [1.82, 2.24) is 4.98 Å². The Morgan fingerprint density at radius 3 is 2.67 bits per heavy atom. The quantitative estimate of drug-likeness (QED) is 0.802. The zero-order valence-electron chi connectivity index (χ0n) is 11.1. The lowest BCUT2D eigenvalue weighted by atomic mass is 10.3. The van der Waals surface area contributed by atoms with Crippen LogP contribution in [0.25, 0.3) is 0 Å². The Bertz CT molecular complexity index is 687. The third-order valence-electron chi connectivity index (χ3n) is 2.77. The fourth-order valence-electron chi connectivity index (χ4n) is 1.69. The lowest BCUT2D eigenvalue weighted by Crippen LogP contribution is -2.31. The first-order valence-corrected chi connectivity index (χ1v) is 6.01. The van der Waals surface area contributed by atoms with Crippen molar-refractivity contribution in [3.8, 4) is 5.75 Å². The zero-order chi connectivity index (χ0) is 15.4. The molecule has 1 heterocycles. The van der Waals surface area contributed by atoms with Crippen LogP contribution in [0.1, 0.15) is 10.5 Å². The van der Waals surface area contributed by atoms with Crippen LogP contribution in [-0.4, -0.2) is 34.2 Å². The summed E-state index contributed by atoms with van der Waals surface area (Å²) in [5.41, 5.74) is 0.324. The third kappa shape index (κ3) is 3.27. The molecule has 2 amide bonds. The summed E-state index contributed by atoms with van der Waals surface area (Å²) in [4.78, 5) is 28.1. The molecular formula is C14H13N3O4. The molecule has 0 radical (unpaired) electrons. The number of aromatic hydroxyl groups is 1. The van der Waals surface area contributed by atoms with E-state index < -0.39 is 12.0 Å². The van der Waals surface area contributed by atoms with Gasteiger partial charge in [-0.15, -0.1) is 0 Å². The normalized spacial score (nSPS) is 9.95. The molecule has 0 fully saturated rings. The highest BCUT2D eigenvalue weighted by Crippen LogP contribution is 2.20. The van der Waals surface area contributed by atoms with Crippen molar-refractivity contribution in [2.24, 2.45) is 0 Å². The second kappa shape index (κ2) is 5.91. The van der Waals surface area contributed by atoms with Crippen molar-refractivity contribution in [2.75, 3.05) is 17.3 Å². The van der Waals surface area contributed by atoms with Crippen molar-refractivity contribution >= 4 is 23.4 Å². The van der Waals surface area contributed by atoms with Crippen molar-refractivity contribution in [3.05, 3.63) is 48.3 Å². The van der Waals surface area contributed by atoms with Crippen molar-refractivity contribution < 1.29 is 19.8 Å². The molecule has 1 aromatic carbocycles. The van der Waals surface area contributed by atoms with E-state index >= 15 is 0 Å². The van der Waals surface area contributed by atoms with Gasteiger partial charge in [-0.05, 0) is 24.3 Å². The highest BCUT2D eigenvalue weighted by Gasteiger charge is 2.16. The number of nitrogens with zero attached hydrogens (tertiary/aromatic N) is 2. The highest BCUT2D eigenvalue weighted by molar-refractivity contribution is 6.04. The minimum absolute atomic E-state index is 0.0275. The summed E-state index contributed by atoms with van der Waals surface area (Å²) >= 11 is 0. The van der Waals surface area contributed by atoms with Gasteiger partial charge in [0, 0.05) is 25.0 Å². The van der Waals surface area contributed by atoms with E-state index in [-0.39, 0.29) is 17.1 Å². The Balaban J connectivity index is 2.20. The minimum Gasteiger partial charge on any atom is -0.508 e. The average Bonchev–Trinajstić information content (AvgIpc) is 2.46. The molecule has 0 saturated carbocycles. The Hall–Kier alpha value is -3.09. The second-order valence-electron chi connectivity index (χ2n) is 4.21. The Labute approximate surface area is 120 Å². The van der Waals surface area contributed by atoms with Crippen molar-refractivity contribution in [3.63, 3.8) is 0 Å². The average molecular weight is 287 g/mol. The number of hydrogen-bond donors (Lipinski definition) is 3. The summed E-state index contributed by atoms with van der Waals surface area (Å²) in [6.07, 6.45) is 1.33. The molecule has 0 aliphatic rings. The summed E-state index contributed by atoms with van der Waals surface area (Å²) in [7, 11) is 1.50. The predicted molar refractivity (Wildman–Crippen MR) is 76.7 cm³/mol. The van der Waals surface area contributed by atoms with Gasteiger partial charge in [0.25, 0.3) is 0 Å². The van der Waals surface area contributed by atoms with Crippen LogP contribution in [0.15, 0.2) is 42.6 Å². The third-order valence-corrected chi connectivity index (χ3v) is 2.77. The van der Waals surface area contributed by atoms with Crippen LogP contribution in [0.5, 0.6) is 5.75 Å². The topological polar surface area (TPSA) is 103 Å². The van der Waals surface area contributed by atoms with E-state index in [4.69, 9.17) is 5.11 Å². The fourth-order valence-corrected chi connectivity index (χ4v) is 1.69. The van der Waals surface area contributed by atoms with Crippen molar-refractivity contribution in [1.29, 1.82) is 0 Å². The number of nitrogens with one attached hydrogen (secondary N) is 1. The molecule has 0 unspecified atom stereocenters. The van der Waals surface area contributed by atoms with Gasteiger partial charge >= 0.3 is 12.0 Å². The molecule has 3 N–H and O–H groups in total. The van der Waals surface area contributed by atoms with E-state index in [2.05, 4.69) is 10.3 Å². The number of carboxylic acids is 1. The molecule has 2 rings (SSSR count). The van der Waals surface area contributed by atoms with Crippen LogP contribution >= 0.6 is 0 Å². The van der Waals surface area contributed by atoms with Gasteiger partial charge < -0.3 is 15.5 Å². The lowest BCUT2D eigenvalue weighted by Gasteiger charge is -2.18. The minimum atomic E-state index is -1.23. The maximum Gasteiger partial charge on any atom is 0.356 e. The van der Waals surface area contributed by atoms with Crippen LogP contribution in [-0.2, 0) is 0 Å². The van der Waals surface area contributed by atoms with E-state index in [1.165, 1.54) is 42.4 Å². The van der Waals surface area contributed by atoms with E-state index in [9.17, 15) is 14.7 Å². The van der Waals surface area contributed by atoms with Gasteiger partial charge in [-0.25, -0.2) is 14.6 Å². The number of rotatable bonds is 3. The molecule has 7 nitrogen and oxygen atoms in total. The molecule has 2 aromatic rings. The predicted octanol–water partition coefficient (Wildman–Crippen LogP) is 2.15. The molecule has 108 valence electrons. The molecule has 0 aliphatic heterocycles. The van der Waals surface area contributed by atoms with E-state index in [1.54, 1.807) is 12.1 Å². The van der Waals surface area contributed by atoms with Gasteiger partial charge in [-0.2, -0.15) is 0 Å². The maximum absolute atomic E-state index is 12.1. The number of carbonyl (C=O) groups is 2. The summed E-state index contributed by atoms with van der Waals surface area (Å²) < 4.78 is 0. The monoisotopic (exact) mass is 287 g/mol. The first kappa shape index (κ1) is 14.3. The van der Waals surface area contributed by atoms with Crippen LogP contribution in [0, 0.1) is 0 Å².